The third-order valence-corrected chi connectivity index (χ3v) is 4.67. The van der Waals surface area contributed by atoms with E-state index < -0.39 is 0 Å². The zero-order chi connectivity index (χ0) is 16.0. The first kappa shape index (κ1) is 14.0. The van der Waals surface area contributed by atoms with Crippen LogP contribution < -0.4 is 10.2 Å². The fraction of sp³-hybridized carbons (Fsp3) is 0.263. The predicted octanol–water partition coefficient (Wildman–Crippen LogP) is 2.95. The Hall–Kier alpha value is -2.62. The topological polar surface area (TPSA) is 49.4 Å². The zero-order valence-electron chi connectivity index (χ0n) is 13.1. The molecule has 2 aromatic carbocycles. The van der Waals surface area contributed by atoms with E-state index in [2.05, 4.69) is 12.2 Å². The Labute approximate surface area is 135 Å². The molecule has 0 unspecified atom stereocenters. The second kappa shape index (κ2) is 5.23. The lowest BCUT2D eigenvalue weighted by atomic mass is 10.0. The van der Waals surface area contributed by atoms with Crippen molar-refractivity contribution >= 4 is 23.2 Å². The smallest absolute Gasteiger partial charge is 0.255 e. The maximum Gasteiger partial charge on any atom is 0.255 e. The lowest BCUT2D eigenvalue weighted by Crippen LogP contribution is -2.24. The molecule has 2 heterocycles. The molecule has 1 N–H and O–H groups in total. The number of aryl methyl sites for hydroxylation is 1. The summed E-state index contributed by atoms with van der Waals surface area (Å²) < 4.78 is 0. The molecule has 0 aromatic heterocycles. The molecule has 4 heteroatoms. The van der Waals surface area contributed by atoms with Crippen molar-refractivity contribution in [3.05, 3.63) is 58.7 Å². The molecule has 2 aliphatic heterocycles. The van der Waals surface area contributed by atoms with Crippen LogP contribution in [-0.4, -0.2) is 18.4 Å². The van der Waals surface area contributed by atoms with Crippen molar-refractivity contribution < 1.29 is 9.59 Å². The SMILES string of the molecule is CCc1ccc(NC(=O)c2cc3c4c(c2)CC(=O)N4CC3)cc1. The maximum absolute atomic E-state index is 12.5. The first-order valence-electron chi connectivity index (χ1n) is 8.02. The van der Waals surface area contributed by atoms with Crippen LogP contribution in [0.25, 0.3) is 0 Å². The van der Waals surface area contributed by atoms with Crippen molar-refractivity contribution in [1.82, 2.24) is 0 Å². The van der Waals surface area contributed by atoms with E-state index in [0.717, 1.165) is 41.9 Å². The van der Waals surface area contributed by atoms with Gasteiger partial charge in [-0.05, 0) is 53.8 Å². The number of benzene rings is 2. The molecule has 2 aromatic rings. The van der Waals surface area contributed by atoms with Crippen LogP contribution in [0.4, 0.5) is 11.4 Å². The molecule has 0 saturated carbocycles. The molecule has 0 fully saturated rings. The summed E-state index contributed by atoms with van der Waals surface area (Å²) in [5.41, 5.74) is 5.80. The van der Waals surface area contributed by atoms with Gasteiger partial charge in [0.05, 0.1) is 12.1 Å². The number of anilines is 2. The molecule has 4 nitrogen and oxygen atoms in total. The molecule has 0 radical (unpaired) electrons. The fourth-order valence-electron chi connectivity index (χ4n) is 3.44. The van der Waals surface area contributed by atoms with Gasteiger partial charge in [0.15, 0.2) is 0 Å². The van der Waals surface area contributed by atoms with Gasteiger partial charge >= 0.3 is 0 Å². The first-order valence-corrected chi connectivity index (χ1v) is 8.02. The van der Waals surface area contributed by atoms with Gasteiger partial charge in [0.1, 0.15) is 0 Å². The lowest BCUT2D eigenvalue weighted by Gasteiger charge is -2.10. The van der Waals surface area contributed by atoms with Crippen molar-refractivity contribution in [2.24, 2.45) is 0 Å². The van der Waals surface area contributed by atoms with Gasteiger partial charge in [0, 0.05) is 17.8 Å². The van der Waals surface area contributed by atoms with E-state index >= 15 is 0 Å². The van der Waals surface area contributed by atoms with E-state index in [-0.39, 0.29) is 11.8 Å². The Morgan fingerprint density at radius 2 is 1.91 bits per heavy atom. The summed E-state index contributed by atoms with van der Waals surface area (Å²) in [6, 6.07) is 11.7. The Bertz CT molecular complexity index is 809. The summed E-state index contributed by atoms with van der Waals surface area (Å²) in [7, 11) is 0. The van der Waals surface area contributed by atoms with Gasteiger partial charge < -0.3 is 10.2 Å². The van der Waals surface area contributed by atoms with Crippen molar-refractivity contribution in [2.75, 3.05) is 16.8 Å². The van der Waals surface area contributed by atoms with Gasteiger partial charge in [0.2, 0.25) is 5.91 Å². The highest BCUT2D eigenvalue weighted by molar-refractivity contribution is 6.08. The number of nitrogens with one attached hydrogen (secondary N) is 1. The first-order chi connectivity index (χ1) is 11.2. The molecule has 0 bridgehead atoms. The number of nitrogens with zero attached hydrogens (tertiary/aromatic N) is 1. The average molecular weight is 306 g/mol. The quantitative estimate of drug-likeness (QED) is 0.948. The Morgan fingerprint density at radius 1 is 1.17 bits per heavy atom. The third kappa shape index (κ3) is 2.31. The van der Waals surface area contributed by atoms with Crippen LogP contribution in [0.5, 0.6) is 0 Å². The molecule has 0 saturated heterocycles. The summed E-state index contributed by atoms with van der Waals surface area (Å²) >= 11 is 0. The van der Waals surface area contributed by atoms with Crippen LogP contribution in [0.1, 0.15) is 34.0 Å². The Morgan fingerprint density at radius 3 is 2.65 bits per heavy atom. The van der Waals surface area contributed by atoms with E-state index in [1.165, 1.54) is 5.56 Å². The number of hydrogen-bond donors (Lipinski definition) is 1. The summed E-state index contributed by atoms with van der Waals surface area (Å²) in [4.78, 5) is 26.3. The maximum atomic E-state index is 12.5. The van der Waals surface area contributed by atoms with Crippen LogP contribution in [0, 0.1) is 0 Å². The molecule has 4 rings (SSSR count). The largest absolute Gasteiger partial charge is 0.322 e. The molecule has 0 spiro atoms. The summed E-state index contributed by atoms with van der Waals surface area (Å²) in [5.74, 6) is 0.0255. The van der Waals surface area contributed by atoms with Gasteiger partial charge in [-0.3, -0.25) is 9.59 Å². The van der Waals surface area contributed by atoms with Crippen LogP contribution >= 0.6 is 0 Å². The van der Waals surface area contributed by atoms with Gasteiger partial charge in [-0.2, -0.15) is 0 Å². The normalized spacial score (nSPS) is 15.0. The molecular weight excluding hydrogens is 288 g/mol. The zero-order valence-corrected chi connectivity index (χ0v) is 13.1. The van der Waals surface area contributed by atoms with E-state index in [0.29, 0.717) is 12.0 Å². The average Bonchev–Trinajstić information content (AvgIpc) is 3.13. The molecular formula is C19H18N2O2. The second-order valence-corrected chi connectivity index (χ2v) is 6.12. The Kier molecular flexibility index (Phi) is 3.18. The summed E-state index contributed by atoms with van der Waals surface area (Å²) in [6.45, 7) is 2.84. The third-order valence-electron chi connectivity index (χ3n) is 4.67. The van der Waals surface area contributed by atoms with Gasteiger partial charge in [-0.1, -0.05) is 19.1 Å². The Balaban J connectivity index is 1.60. The van der Waals surface area contributed by atoms with Crippen molar-refractivity contribution in [1.29, 1.82) is 0 Å². The standard InChI is InChI=1S/C19H18N2O2/c1-2-12-3-5-16(6-4-12)20-19(23)15-9-13-7-8-21-17(22)11-14(10-15)18(13)21/h3-6,9-10H,2,7-8,11H2,1H3,(H,20,23). The predicted molar refractivity (Wildman–Crippen MR) is 90.0 cm³/mol. The second-order valence-electron chi connectivity index (χ2n) is 6.12. The van der Waals surface area contributed by atoms with Gasteiger partial charge in [0.25, 0.3) is 5.91 Å². The number of amides is 2. The minimum atomic E-state index is -0.119. The molecule has 23 heavy (non-hydrogen) atoms. The van der Waals surface area contributed by atoms with Crippen molar-refractivity contribution in [3.63, 3.8) is 0 Å². The van der Waals surface area contributed by atoms with Crippen LogP contribution in [0.2, 0.25) is 0 Å². The molecule has 0 aliphatic carbocycles. The number of carbonyl (C=O) groups is 2. The molecule has 0 atom stereocenters. The highest BCUT2D eigenvalue weighted by atomic mass is 16.2. The van der Waals surface area contributed by atoms with Crippen LogP contribution in [0.15, 0.2) is 36.4 Å². The van der Waals surface area contributed by atoms with E-state index in [4.69, 9.17) is 0 Å². The number of carbonyl (C=O) groups excluding carboxylic acids is 2. The van der Waals surface area contributed by atoms with Crippen molar-refractivity contribution in [2.45, 2.75) is 26.2 Å². The highest BCUT2D eigenvalue weighted by Gasteiger charge is 2.34. The van der Waals surface area contributed by atoms with Crippen molar-refractivity contribution in [3.8, 4) is 0 Å². The van der Waals surface area contributed by atoms with E-state index in [1.807, 2.05) is 41.3 Å². The number of hydrogen-bond acceptors (Lipinski definition) is 2. The lowest BCUT2D eigenvalue weighted by molar-refractivity contribution is -0.117. The monoisotopic (exact) mass is 306 g/mol. The van der Waals surface area contributed by atoms with E-state index in [1.54, 1.807) is 0 Å². The summed E-state index contributed by atoms with van der Waals surface area (Å²) in [6.07, 6.45) is 2.22. The fourth-order valence-corrected chi connectivity index (χ4v) is 3.44. The number of rotatable bonds is 3. The van der Waals surface area contributed by atoms with Crippen LogP contribution in [0.3, 0.4) is 0 Å². The molecule has 2 aliphatic rings. The molecule has 116 valence electrons. The van der Waals surface area contributed by atoms with Gasteiger partial charge in [-0.25, -0.2) is 0 Å². The highest BCUT2D eigenvalue weighted by Crippen LogP contribution is 2.38. The van der Waals surface area contributed by atoms with Crippen LogP contribution in [-0.2, 0) is 24.1 Å². The van der Waals surface area contributed by atoms with E-state index in [9.17, 15) is 9.59 Å². The minimum Gasteiger partial charge on any atom is -0.322 e. The summed E-state index contributed by atoms with van der Waals surface area (Å²) in [5, 5.41) is 2.94. The minimum absolute atomic E-state index is 0.119. The molecule has 2 amide bonds. The van der Waals surface area contributed by atoms with Gasteiger partial charge in [-0.15, -0.1) is 0 Å².